The molecule has 1 aromatic carbocycles. The third-order valence-corrected chi connectivity index (χ3v) is 3.92. The van der Waals surface area contributed by atoms with E-state index in [2.05, 4.69) is 0 Å². The molecule has 1 saturated heterocycles. The fourth-order valence-corrected chi connectivity index (χ4v) is 2.97. The van der Waals surface area contributed by atoms with Crippen LogP contribution in [-0.4, -0.2) is 26.8 Å². The van der Waals surface area contributed by atoms with Gasteiger partial charge in [-0.05, 0) is 18.6 Å². The van der Waals surface area contributed by atoms with E-state index in [0.717, 1.165) is 6.42 Å². The minimum atomic E-state index is -0.0740. The van der Waals surface area contributed by atoms with E-state index in [1.54, 1.807) is 29.2 Å². The highest BCUT2D eigenvalue weighted by Crippen LogP contribution is 2.33. The number of hydrogen-bond acceptors (Lipinski definition) is 4. The van der Waals surface area contributed by atoms with Crippen molar-refractivity contribution in [3.05, 3.63) is 34.7 Å². The van der Waals surface area contributed by atoms with Gasteiger partial charge in [0.25, 0.3) is 5.91 Å². The summed E-state index contributed by atoms with van der Waals surface area (Å²) in [6, 6.07) is 6.92. The van der Waals surface area contributed by atoms with Gasteiger partial charge in [0.1, 0.15) is 10.1 Å². The molecule has 1 aromatic rings. The van der Waals surface area contributed by atoms with Crippen molar-refractivity contribution in [3.63, 3.8) is 0 Å². The Hall–Kier alpha value is -1.33. The highest BCUT2D eigenvalue weighted by atomic mass is 32.2. The minimum Gasteiger partial charge on any atom is -0.507 e. The van der Waals surface area contributed by atoms with Crippen LogP contribution in [-0.2, 0) is 4.79 Å². The van der Waals surface area contributed by atoms with Gasteiger partial charge >= 0.3 is 0 Å². The lowest BCUT2D eigenvalue weighted by Crippen LogP contribution is -2.28. The molecule has 1 amide bonds. The first-order valence-corrected chi connectivity index (χ1v) is 6.89. The Bertz CT molecular complexity index is 525. The standard InChI is InChI=1S/C13H13NO2S2/c1-2-7-14-12(16)11(18-13(14)17)8-9-5-3-4-6-10(9)15/h3-6,8,15H,2,7H2,1H3/b11-8+. The number of aromatic hydroxyl groups is 1. The molecule has 0 aliphatic carbocycles. The fourth-order valence-electron chi connectivity index (χ4n) is 1.67. The van der Waals surface area contributed by atoms with Crippen LogP contribution >= 0.6 is 24.0 Å². The lowest BCUT2D eigenvalue weighted by Gasteiger charge is -2.11. The first kappa shape index (κ1) is 13.1. The number of thiocarbonyl (C=S) groups is 1. The van der Waals surface area contributed by atoms with Gasteiger partial charge in [0.15, 0.2) is 0 Å². The molecule has 0 saturated carbocycles. The number of carbonyl (C=O) groups is 1. The molecule has 18 heavy (non-hydrogen) atoms. The van der Waals surface area contributed by atoms with Crippen LogP contribution in [0.5, 0.6) is 5.75 Å². The number of amides is 1. The summed E-state index contributed by atoms with van der Waals surface area (Å²) in [7, 11) is 0. The van der Waals surface area contributed by atoms with E-state index in [1.165, 1.54) is 11.8 Å². The summed E-state index contributed by atoms with van der Waals surface area (Å²) in [4.78, 5) is 14.3. The SMILES string of the molecule is CCCN1C(=O)/C(=C\c2ccccc2O)SC1=S. The van der Waals surface area contributed by atoms with Crippen LogP contribution in [0.25, 0.3) is 6.08 Å². The van der Waals surface area contributed by atoms with E-state index in [4.69, 9.17) is 12.2 Å². The first-order chi connectivity index (χ1) is 8.63. The smallest absolute Gasteiger partial charge is 0.266 e. The van der Waals surface area contributed by atoms with Crippen LogP contribution in [0.15, 0.2) is 29.2 Å². The average Bonchev–Trinajstić information content (AvgIpc) is 2.60. The van der Waals surface area contributed by atoms with Gasteiger partial charge < -0.3 is 5.11 Å². The monoisotopic (exact) mass is 279 g/mol. The van der Waals surface area contributed by atoms with Gasteiger partial charge in [-0.25, -0.2) is 0 Å². The number of thioether (sulfide) groups is 1. The lowest BCUT2D eigenvalue weighted by atomic mass is 10.2. The summed E-state index contributed by atoms with van der Waals surface area (Å²) < 4.78 is 0.587. The zero-order valence-electron chi connectivity index (χ0n) is 9.92. The molecule has 1 fully saturated rings. The number of hydrogen-bond donors (Lipinski definition) is 1. The molecule has 94 valence electrons. The number of phenolic OH excluding ortho intramolecular Hbond substituents is 1. The van der Waals surface area contributed by atoms with Crippen molar-refractivity contribution in [2.24, 2.45) is 0 Å². The van der Waals surface area contributed by atoms with Crippen LogP contribution in [0.3, 0.4) is 0 Å². The Morgan fingerprint density at radius 1 is 1.44 bits per heavy atom. The summed E-state index contributed by atoms with van der Waals surface area (Å²) in [5.41, 5.74) is 0.634. The Morgan fingerprint density at radius 3 is 2.83 bits per heavy atom. The molecule has 0 atom stereocenters. The van der Waals surface area contributed by atoms with E-state index in [0.29, 0.717) is 21.3 Å². The predicted molar refractivity (Wildman–Crippen MR) is 78.3 cm³/mol. The maximum atomic E-state index is 12.1. The number of carbonyl (C=O) groups excluding carboxylic acids is 1. The molecule has 1 aliphatic rings. The molecule has 3 nitrogen and oxygen atoms in total. The predicted octanol–water partition coefficient (Wildman–Crippen LogP) is 3.00. The van der Waals surface area contributed by atoms with Gasteiger partial charge in [-0.1, -0.05) is 49.1 Å². The van der Waals surface area contributed by atoms with Crippen molar-refractivity contribution in [2.75, 3.05) is 6.54 Å². The Balaban J connectivity index is 2.28. The second kappa shape index (κ2) is 5.54. The summed E-state index contributed by atoms with van der Waals surface area (Å²) in [6.45, 7) is 2.65. The van der Waals surface area contributed by atoms with Crippen molar-refractivity contribution >= 4 is 40.3 Å². The van der Waals surface area contributed by atoms with Crippen LogP contribution in [0.1, 0.15) is 18.9 Å². The van der Waals surface area contributed by atoms with E-state index in [9.17, 15) is 9.90 Å². The highest BCUT2D eigenvalue weighted by Gasteiger charge is 2.31. The molecule has 0 unspecified atom stereocenters. The van der Waals surface area contributed by atoms with E-state index >= 15 is 0 Å². The molecule has 0 spiro atoms. The van der Waals surface area contributed by atoms with Crippen molar-refractivity contribution in [3.8, 4) is 5.75 Å². The van der Waals surface area contributed by atoms with Gasteiger partial charge in [0.2, 0.25) is 0 Å². The third-order valence-electron chi connectivity index (χ3n) is 2.54. The summed E-state index contributed by atoms with van der Waals surface area (Å²) in [5, 5.41) is 9.68. The molecule has 2 rings (SSSR count). The molecule has 0 aromatic heterocycles. The van der Waals surface area contributed by atoms with E-state index < -0.39 is 0 Å². The van der Waals surface area contributed by atoms with Crippen LogP contribution in [0.2, 0.25) is 0 Å². The van der Waals surface area contributed by atoms with Crippen molar-refractivity contribution in [2.45, 2.75) is 13.3 Å². The number of phenols is 1. The quantitative estimate of drug-likeness (QED) is 0.682. The van der Waals surface area contributed by atoms with Crippen molar-refractivity contribution in [1.29, 1.82) is 0 Å². The normalized spacial score (nSPS) is 17.8. The van der Waals surface area contributed by atoms with Gasteiger partial charge in [-0.2, -0.15) is 0 Å². The molecule has 1 heterocycles. The zero-order valence-corrected chi connectivity index (χ0v) is 11.6. The molecule has 0 radical (unpaired) electrons. The number of rotatable bonds is 3. The Kier molecular flexibility index (Phi) is 4.04. The fraction of sp³-hybridized carbons (Fsp3) is 0.231. The zero-order chi connectivity index (χ0) is 13.1. The summed E-state index contributed by atoms with van der Waals surface area (Å²) in [6.07, 6.45) is 2.56. The van der Waals surface area contributed by atoms with E-state index in [-0.39, 0.29) is 11.7 Å². The van der Waals surface area contributed by atoms with Gasteiger partial charge in [0, 0.05) is 12.1 Å². The van der Waals surface area contributed by atoms with Crippen LogP contribution in [0, 0.1) is 0 Å². The molecular formula is C13H13NO2S2. The minimum absolute atomic E-state index is 0.0740. The topological polar surface area (TPSA) is 40.5 Å². The van der Waals surface area contributed by atoms with Gasteiger partial charge in [-0.15, -0.1) is 0 Å². The summed E-state index contributed by atoms with van der Waals surface area (Å²) >= 11 is 6.46. The van der Waals surface area contributed by atoms with Crippen LogP contribution in [0.4, 0.5) is 0 Å². The summed E-state index contributed by atoms with van der Waals surface area (Å²) in [5.74, 6) is 0.0911. The molecule has 0 bridgehead atoms. The van der Waals surface area contributed by atoms with Gasteiger partial charge in [-0.3, -0.25) is 9.69 Å². The number of benzene rings is 1. The first-order valence-electron chi connectivity index (χ1n) is 5.67. The molecular weight excluding hydrogens is 266 g/mol. The Morgan fingerprint density at radius 2 is 2.17 bits per heavy atom. The lowest BCUT2D eigenvalue weighted by molar-refractivity contribution is -0.122. The number of para-hydroxylation sites is 1. The van der Waals surface area contributed by atoms with Gasteiger partial charge in [0.05, 0.1) is 4.91 Å². The Labute approximate surface area is 115 Å². The molecule has 5 heteroatoms. The van der Waals surface area contributed by atoms with Crippen molar-refractivity contribution < 1.29 is 9.90 Å². The third kappa shape index (κ3) is 2.57. The van der Waals surface area contributed by atoms with Crippen LogP contribution < -0.4 is 0 Å². The van der Waals surface area contributed by atoms with E-state index in [1.807, 2.05) is 13.0 Å². The molecule has 1 aliphatic heterocycles. The highest BCUT2D eigenvalue weighted by molar-refractivity contribution is 8.26. The largest absolute Gasteiger partial charge is 0.507 e. The maximum Gasteiger partial charge on any atom is 0.266 e. The second-order valence-corrected chi connectivity index (χ2v) is 5.57. The second-order valence-electron chi connectivity index (χ2n) is 3.89. The average molecular weight is 279 g/mol. The maximum absolute atomic E-state index is 12.1. The van der Waals surface area contributed by atoms with Crippen molar-refractivity contribution in [1.82, 2.24) is 4.90 Å². The number of nitrogens with zero attached hydrogens (tertiary/aromatic N) is 1. The molecule has 1 N–H and O–H groups in total.